The van der Waals surface area contributed by atoms with Gasteiger partial charge in [0.1, 0.15) is 0 Å². The van der Waals surface area contributed by atoms with E-state index in [0.29, 0.717) is 42.0 Å². The van der Waals surface area contributed by atoms with Crippen LogP contribution in [0.4, 0.5) is 5.69 Å². The van der Waals surface area contributed by atoms with E-state index in [-0.39, 0.29) is 34.9 Å². The molecule has 0 unspecified atom stereocenters. The van der Waals surface area contributed by atoms with E-state index in [4.69, 9.17) is 21.1 Å². The van der Waals surface area contributed by atoms with Crippen LogP contribution in [0.25, 0.3) is 0 Å². The monoisotopic (exact) mass is 548 g/mol. The van der Waals surface area contributed by atoms with Crippen LogP contribution < -0.4 is 14.8 Å². The zero-order valence-corrected chi connectivity index (χ0v) is 23.3. The highest BCUT2D eigenvalue weighted by atomic mass is 35.5. The van der Waals surface area contributed by atoms with Crippen molar-refractivity contribution in [3.05, 3.63) is 75.1 Å². The van der Waals surface area contributed by atoms with Gasteiger partial charge in [-0.1, -0.05) is 23.7 Å². The number of carbonyl (C=O) groups is 3. The summed E-state index contributed by atoms with van der Waals surface area (Å²) < 4.78 is 11.5. The normalized spacial score (nSPS) is 17.7. The van der Waals surface area contributed by atoms with Crippen molar-refractivity contribution in [2.24, 2.45) is 0 Å². The number of hydrogen-bond donors (Lipinski definition) is 1. The Hall–Kier alpha value is -3.58. The van der Waals surface area contributed by atoms with E-state index in [1.165, 1.54) is 7.11 Å². The predicted octanol–water partition coefficient (Wildman–Crippen LogP) is 6.11. The molecule has 8 heteroatoms. The molecule has 0 aromatic heterocycles. The fourth-order valence-corrected chi connectivity index (χ4v) is 6.31. The number of ketones is 2. The van der Waals surface area contributed by atoms with Crippen LogP contribution in [0.3, 0.4) is 0 Å². The lowest BCUT2D eigenvalue weighted by molar-refractivity contribution is -0.118. The molecule has 5 rings (SSSR count). The Balaban J connectivity index is 1.49. The predicted molar refractivity (Wildman–Crippen MR) is 150 cm³/mol. The van der Waals surface area contributed by atoms with Gasteiger partial charge in [0.2, 0.25) is 0 Å². The lowest BCUT2D eigenvalue weighted by Gasteiger charge is -2.43. The smallest absolute Gasteiger partial charge is 0.262 e. The molecule has 7 nitrogen and oxygen atoms in total. The Kier molecular flexibility index (Phi) is 7.80. The summed E-state index contributed by atoms with van der Waals surface area (Å²) in [5.74, 6) is -0.0969. The molecular formula is C31H33ClN2O5. The fraction of sp³-hybridized carbons (Fsp3) is 0.387. The van der Waals surface area contributed by atoms with Crippen LogP contribution >= 0.6 is 11.6 Å². The molecule has 0 radical (unpaired) electrons. The number of ether oxygens (including phenoxy) is 2. The van der Waals surface area contributed by atoms with E-state index in [9.17, 15) is 14.4 Å². The highest BCUT2D eigenvalue weighted by Crippen LogP contribution is 2.51. The maximum absolute atomic E-state index is 13.4. The fourth-order valence-electron chi connectivity index (χ4n) is 6.04. The van der Waals surface area contributed by atoms with Crippen LogP contribution in [0.2, 0.25) is 5.02 Å². The second-order valence-corrected chi connectivity index (χ2v) is 10.6. The molecule has 0 bridgehead atoms. The minimum Gasteiger partial charge on any atom is -0.493 e. The zero-order valence-electron chi connectivity index (χ0n) is 22.6. The van der Waals surface area contributed by atoms with Gasteiger partial charge in [-0.05, 0) is 74.9 Å². The number of anilines is 1. The highest BCUT2D eigenvalue weighted by Gasteiger charge is 2.43. The third-order valence-corrected chi connectivity index (χ3v) is 7.92. The van der Waals surface area contributed by atoms with Crippen LogP contribution in [0.5, 0.6) is 11.5 Å². The van der Waals surface area contributed by atoms with Gasteiger partial charge >= 0.3 is 0 Å². The molecule has 2 aliphatic carbocycles. The zero-order chi connectivity index (χ0) is 27.7. The first kappa shape index (κ1) is 27.0. The van der Waals surface area contributed by atoms with Crippen molar-refractivity contribution < 1.29 is 23.9 Å². The first-order valence-corrected chi connectivity index (χ1v) is 13.9. The molecule has 2 aromatic carbocycles. The minimum atomic E-state index is -0.497. The number of Topliss-reactive ketones (excluding diaryl/α,β-unsaturated/α-hetero) is 2. The Morgan fingerprint density at radius 3 is 2.28 bits per heavy atom. The Morgan fingerprint density at radius 1 is 1.03 bits per heavy atom. The molecule has 0 saturated carbocycles. The van der Waals surface area contributed by atoms with Gasteiger partial charge in [-0.3, -0.25) is 14.4 Å². The lowest BCUT2D eigenvalue weighted by Crippen LogP contribution is -2.39. The van der Waals surface area contributed by atoms with Crippen molar-refractivity contribution >= 4 is 34.8 Å². The van der Waals surface area contributed by atoms with Crippen LogP contribution in [-0.4, -0.2) is 42.6 Å². The summed E-state index contributed by atoms with van der Waals surface area (Å²) >= 11 is 6.73. The van der Waals surface area contributed by atoms with Gasteiger partial charge in [0.25, 0.3) is 5.91 Å². The molecule has 0 saturated heterocycles. The van der Waals surface area contributed by atoms with Crippen LogP contribution in [0.15, 0.2) is 58.9 Å². The van der Waals surface area contributed by atoms with Crippen molar-refractivity contribution in [2.45, 2.75) is 58.3 Å². The maximum atomic E-state index is 13.4. The summed E-state index contributed by atoms with van der Waals surface area (Å²) in [7, 11) is 1.50. The number of nitrogens with one attached hydrogen (secondary N) is 1. The molecule has 1 amide bonds. The second kappa shape index (κ2) is 11.3. The molecule has 1 N–H and O–H groups in total. The number of rotatable bonds is 7. The Labute approximate surface area is 233 Å². The summed E-state index contributed by atoms with van der Waals surface area (Å²) in [4.78, 5) is 41.5. The third kappa shape index (κ3) is 5.20. The topological polar surface area (TPSA) is 84.9 Å². The van der Waals surface area contributed by atoms with Crippen LogP contribution in [0.1, 0.15) is 62.5 Å². The number of methoxy groups -OCH3 is 1. The standard InChI is InChI=1S/C31H33ClN2O5/c1-4-34-22-10-6-12-24(35)29(22)28(30-23(34)11-7-13-25(30)36)19-15-21(32)31(26(16-19)38-3)39-17-27(37)33-20-9-5-8-18(2)14-20/h5,8-9,14-16,28H,4,6-7,10-13,17H2,1-3H3,(H,33,37). The SMILES string of the molecule is CCN1C2=C(C(=O)CCC2)C(c2cc(Cl)c(OCC(=O)Nc3cccc(C)c3)c(OC)c2)C2=C1CCCC2=O. The number of benzene rings is 2. The second-order valence-electron chi connectivity index (χ2n) is 10.2. The van der Waals surface area contributed by atoms with Crippen molar-refractivity contribution in [1.29, 1.82) is 0 Å². The first-order valence-electron chi connectivity index (χ1n) is 13.5. The van der Waals surface area contributed by atoms with Crippen LogP contribution in [0, 0.1) is 6.92 Å². The number of amides is 1. The largest absolute Gasteiger partial charge is 0.493 e. The molecule has 0 fully saturated rings. The summed E-state index contributed by atoms with van der Waals surface area (Å²) in [6.45, 7) is 4.46. The van der Waals surface area contributed by atoms with Gasteiger partial charge in [-0.25, -0.2) is 0 Å². The molecule has 2 aromatic rings. The van der Waals surface area contributed by atoms with Gasteiger partial charge in [-0.15, -0.1) is 0 Å². The maximum Gasteiger partial charge on any atom is 0.262 e. The number of hydrogen-bond acceptors (Lipinski definition) is 6. The van der Waals surface area contributed by atoms with Crippen molar-refractivity contribution in [3.8, 4) is 11.5 Å². The Morgan fingerprint density at radius 2 is 1.69 bits per heavy atom. The van der Waals surface area contributed by atoms with Gasteiger partial charge in [0, 0.05) is 53.5 Å². The van der Waals surface area contributed by atoms with E-state index in [1.807, 2.05) is 31.2 Å². The molecule has 0 spiro atoms. The lowest BCUT2D eigenvalue weighted by atomic mass is 9.71. The minimum absolute atomic E-state index is 0.0767. The average Bonchev–Trinajstić information content (AvgIpc) is 2.91. The summed E-state index contributed by atoms with van der Waals surface area (Å²) in [5.41, 5.74) is 5.87. The molecular weight excluding hydrogens is 516 g/mol. The molecule has 204 valence electrons. The third-order valence-electron chi connectivity index (χ3n) is 7.64. The van der Waals surface area contributed by atoms with E-state index < -0.39 is 5.92 Å². The summed E-state index contributed by atoms with van der Waals surface area (Å²) in [6, 6.07) is 11.0. The van der Waals surface area contributed by atoms with Gasteiger partial charge in [-0.2, -0.15) is 0 Å². The summed E-state index contributed by atoms with van der Waals surface area (Å²) in [5, 5.41) is 3.07. The van der Waals surface area contributed by atoms with Crippen molar-refractivity contribution in [3.63, 3.8) is 0 Å². The van der Waals surface area contributed by atoms with Crippen molar-refractivity contribution in [1.82, 2.24) is 4.90 Å². The molecule has 1 aliphatic heterocycles. The molecule has 1 heterocycles. The number of carbonyl (C=O) groups excluding carboxylic acids is 3. The van der Waals surface area contributed by atoms with E-state index >= 15 is 0 Å². The summed E-state index contributed by atoms with van der Waals surface area (Å²) in [6.07, 6.45) is 4.15. The number of allylic oxidation sites excluding steroid dienone is 4. The molecule has 0 atom stereocenters. The molecule has 39 heavy (non-hydrogen) atoms. The van der Waals surface area contributed by atoms with E-state index in [0.717, 1.165) is 48.2 Å². The number of nitrogens with zero attached hydrogens (tertiary/aromatic N) is 1. The Bertz CT molecular complexity index is 1370. The number of aryl methyl sites for hydroxylation is 1. The van der Waals surface area contributed by atoms with Crippen molar-refractivity contribution in [2.75, 3.05) is 25.6 Å². The quantitative estimate of drug-likeness (QED) is 0.449. The van der Waals surface area contributed by atoms with Gasteiger partial charge in [0.15, 0.2) is 29.7 Å². The van der Waals surface area contributed by atoms with Crippen LogP contribution in [-0.2, 0) is 14.4 Å². The molecule has 3 aliphatic rings. The van der Waals surface area contributed by atoms with Gasteiger partial charge < -0.3 is 19.7 Å². The van der Waals surface area contributed by atoms with E-state index in [2.05, 4.69) is 17.1 Å². The highest BCUT2D eigenvalue weighted by molar-refractivity contribution is 6.32. The van der Waals surface area contributed by atoms with Gasteiger partial charge in [0.05, 0.1) is 12.1 Å². The van der Waals surface area contributed by atoms with E-state index in [1.54, 1.807) is 12.1 Å². The average molecular weight is 549 g/mol. The number of halogens is 1. The first-order chi connectivity index (χ1) is 18.8.